The van der Waals surface area contributed by atoms with Crippen molar-refractivity contribution in [3.8, 4) is 11.5 Å². The summed E-state index contributed by atoms with van der Waals surface area (Å²) in [6, 6.07) is 21.8. The van der Waals surface area contributed by atoms with Crippen molar-refractivity contribution in [1.29, 1.82) is 0 Å². The van der Waals surface area contributed by atoms with Gasteiger partial charge >= 0.3 is 0 Å². The van der Waals surface area contributed by atoms with E-state index in [2.05, 4.69) is 114 Å². The molecule has 1 heteroatoms. The Labute approximate surface area is 167 Å². The summed E-state index contributed by atoms with van der Waals surface area (Å²) < 4.78 is 0. The van der Waals surface area contributed by atoms with Crippen LogP contribution in [0.5, 0.6) is 0 Å². The first-order valence-corrected chi connectivity index (χ1v) is 12.6. The van der Waals surface area contributed by atoms with Gasteiger partial charge in [0.05, 0.1) is 11.8 Å². The SMILES string of the molecule is CC(C)[Si](C#CC1[C+](c2ccccc2)C1c1ccccc1)(C(C)C)C(C)C. The van der Waals surface area contributed by atoms with E-state index in [9.17, 15) is 0 Å². The molecule has 0 aliphatic heterocycles. The van der Waals surface area contributed by atoms with E-state index >= 15 is 0 Å². The van der Waals surface area contributed by atoms with Crippen molar-refractivity contribution in [2.24, 2.45) is 5.92 Å². The molecule has 2 unspecified atom stereocenters. The van der Waals surface area contributed by atoms with E-state index in [0.29, 0.717) is 28.5 Å². The third-order valence-corrected chi connectivity index (χ3v) is 12.8. The molecule has 0 bridgehead atoms. The van der Waals surface area contributed by atoms with Gasteiger partial charge in [0.1, 0.15) is 19.6 Å². The molecular formula is C26H33Si+. The average molecular weight is 374 g/mol. The Bertz CT molecular complexity index is 725. The minimum Gasteiger partial charge on any atom is -0.128 e. The maximum Gasteiger partial charge on any atom is 0.146 e. The topological polar surface area (TPSA) is 0 Å². The summed E-state index contributed by atoms with van der Waals surface area (Å²) in [6.45, 7) is 14.4. The molecule has 0 saturated heterocycles. The Balaban J connectivity index is 1.98. The van der Waals surface area contributed by atoms with Crippen molar-refractivity contribution in [1.82, 2.24) is 0 Å². The monoisotopic (exact) mass is 373 g/mol. The summed E-state index contributed by atoms with van der Waals surface area (Å²) in [5, 5.41) is 0. The van der Waals surface area contributed by atoms with Gasteiger partial charge in [-0.3, -0.25) is 0 Å². The van der Waals surface area contributed by atoms with E-state index < -0.39 is 8.07 Å². The first-order valence-electron chi connectivity index (χ1n) is 10.4. The Morgan fingerprint density at radius 3 is 1.70 bits per heavy atom. The van der Waals surface area contributed by atoms with Crippen molar-refractivity contribution in [3.05, 3.63) is 77.7 Å². The Hall–Kier alpha value is -1.91. The number of hydrogen-bond acceptors (Lipinski definition) is 0. The van der Waals surface area contributed by atoms with E-state index in [1.807, 2.05) is 0 Å². The lowest BCUT2D eigenvalue weighted by molar-refractivity contribution is 0.838. The second kappa shape index (κ2) is 7.99. The molecule has 27 heavy (non-hydrogen) atoms. The van der Waals surface area contributed by atoms with Crippen molar-refractivity contribution in [2.75, 3.05) is 0 Å². The minimum atomic E-state index is -1.69. The van der Waals surface area contributed by atoms with Crippen LogP contribution in [0.15, 0.2) is 60.7 Å². The predicted octanol–water partition coefficient (Wildman–Crippen LogP) is 7.24. The largest absolute Gasteiger partial charge is 0.146 e. The molecule has 1 fully saturated rings. The number of rotatable bonds is 5. The second-order valence-electron chi connectivity index (χ2n) is 8.85. The molecule has 0 heterocycles. The smallest absolute Gasteiger partial charge is 0.128 e. The fraction of sp³-hybridized carbons (Fsp3) is 0.423. The molecular weight excluding hydrogens is 340 g/mol. The highest BCUT2D eigenvalue weighted by Crippen LogP contribution is 2.59. The van der Waals surface area contributed by atoms with Gasteiger partial charge < -0.3 is 0 Å². The molecule has 0 N–H and O–H groups in total. The molecule has 2 aromatic carbocycles. The molecule has 1 saturated carbocycles. The lowest BCUT2D eigenvalue weighted by Gasteiger charge is -2.38. The molecule has 0 amide bonds. The lowest BCUT2D eigenvalue weighted by Crippen LogP contribution is -2.43. The van der Waals surface area contributed by atoms with Crippen LogP contribution in [0, 0.1) is 23.3 Å². The highest BCUT2D eigenvalue weighted by atomic mass is 28.3. The first kappa shape index (κ1) is 19.8. The van der Waals surface area contributed by atoms with Gasteiger partial charge in [0.25, 0.3) is 0 Å². The molecule has 0 spiro atoms. The van der Waals surface area contributed by atoms with Gasteiger partial charge in [0, 0.05) is 12.1 Å². The Morgan fingerprint density at radius 2 is 1.22 bits per heavy atom. The zero-order valence-electron chi connectivity index (χ0n) is 17.7. The van der Waals surface area contributed by atoms with Gasteiger partial charge in [0.15, 0.2) is 0 Å². The number of hydrogen-bond donors (Lipinski definition) is 0. The van der Waals surface area contributed by atoms with Crippen LogP contribution >= 0.6 is 0 Å². The summed E-state index contributed by atoms with van der Waals surface area (Å²) >= 11 is 0. The van der Waals surface area contributed by atoms with Gasteiger partial charge in [-0.1, -0.05) is 77.8 Å². The maximum atomic E-state index is 3.96. The summed E-state index contributed by atoms with van der Waals surface area (Å²) in [5.41, 5.74) is 8.76. The summed E-state index contributed by atoms with van der Waals surface area (Å²) in [5.74, 6) is 6.15. The van der Waals surface area contributed by atoms with Gasteiger partial charge in [-0.25, -0.2) is 0 Å². The van der Waals surface area contributed by atoms with Gasteiger partial charge in [-0.15, -0.1) is 5.54 Å². The zero-order chi connectivity index (χ0) is 19.6. The van der Waals surface area contributed by atoms with Gasteiger partial charge in [-0.2, -0.15) is 0 Å². The van der Waals surface area contributed by atoms with Crippen LogP contribution in [0.1, 0.15) is 58.6 Å². The van der Waals surface area contributed by atoms with Crippen LogP contribution in [0.2, 0.25) is 16.6 Å². The molecule has 3 rings (SSSR count). The van der Waals surface area contributed by atoms with Crippen molar-refractivity contribution < 1.29 is 0 Å². The molecule has 0 radical (unpaired) electrons. The predicted molar refractivity (Wildman–Crippen MR) is 120 cm³/mol. The van der Waals surface area contributed by atoms with Gasteiger partial charge in [0.2, 0.25) is 0 Å². The van der Waals surface area contributed by atoms with Crippen molar-refractivity contribution in [2.45, 2.75) is 64.1 Å². The normalized spacial score (nSPS) is 19.4. The third-order valence-electron chi connectivity index (χ3n) is 6.47. The number of benzene rings is 2. The Morgan fingerprint density at radius 1 is 0.741 bits per heavy atom. The van der Waals surface area contributed by atoms with Crippen LogP contribution < -0.4 is 0 Å². The summed E-state index contributed by atoms with van der Waals surface area (Å²) in [6.07, 6.45) is 0. The summed E-state index contributed by atoms with van der Waals surface area (Å²) in [7, 11) is -1.69. The second-order valence-corrected chi connectivity index (χ2v) is 14.4. The quantitative estimate of drug-likeness (QED) is 0.294. The minimum absolute atomic E-state index is 0.373. The summed E-state index contributed by atoms with van der Waals surface area (Å²) in [4.78, 5) is 0. The molecule has 1 aliphatic carbocycles. The van der Waals surface area contributed by atoms with E-state index in [-0.39, 0.29) is 0 Å². The van der Waals surface area contributed by atoms with Crippen LogP contribution in [-0.4, -0.2) is 8.07 Å². The fourth-order valence-electron chi connectivity index (χ4n) is 5.08. The molecule has 0 nitrogen and oxygen atoms in total. The zero-order valence-corrected chi connectivity index (χ0v) is 18.7. The van der Waals surface area contributed by atoms with Crippen molar-refractivity contribution in [3.63, 3.8) is 0 Å². The average Bonchev–Trinajstić information content (AvgIpc) is 3.37. The molecule has 2 atom stereocenters. The molecule has 0 aromatic heterocycles. The van der Waals surface area contributed by atoms with Crippen LogP contribution in [0.25, 0.3) is 0 Å². The molecule has 1 aliphatic rings. The van der Waals surface area contributed by atoms with Crippen LogP contribution in [0.4, 0.5) is 0 Å². The van der Waals surface area contributed by atoms with Crippen molar-refractivity contribution >= 4 is 8.07 Å². The highest BCUT2D eigenvalue weighted by molar-refractivity contribution is 6.90. The highest BCUT2D eigenvalue weighted by Gasteiger charge is 2.58. The molecule has 140 valence electrons. The van der Waals surface area contributed by atoms with Crippen LogP contribution in [-0.2, 0) is 0 Å². The first-order chi connectivity index (χ1) is 12.9. The van der Waals surface area contributed by atoms with Gasteiger partial charge in [-0.05, 0) is 40.4 Å². The fourth-order valence-corrected chi connectivity index (χ4v) is 10.4. The van der Waals surface area contributed by atoms with Crippen LogP contribution in [0.3, 0.4) is 0 Å². The standard InChI is InChI=1S/C26H33Si/c1-19(2)27(20(3)4,21(5)6)18-17-24-25(22-13-9-7-10-14-22)26(24)23-15-11-8-12-16-23/h7-16,19-21,24-25H,1-6H3/q+1. The molecule has 2 aromatic rings. The lowest BCUT2D eigenvalue weighted by atomic mass is 10.0. The Kier molecular flexibility index (Phi) is 5.87. The van der Waals surface area contributed by atoms with E-state index in [1.54, 1.807) is 0 Å². The maximum absolute atomic E-state index is 3.96. The van der Waals surface area contributed by atoms with E-state index in [4.69, 9.17) is 0 Å². The third kappa shape index (κ3) is 3.74. The van der Waals surface area contributed by atoms with E-state index in [0.717, 1.165) is 0 Å². The van der Waals surface area contributed by atoms with E-state index in [1.165, 1.54) is 17.0 Å².